The standard InChI is InChI=1S/C23H20O9/c1-30-14-4-2-11(3-5-14)22-20(10-15-16(25)8-13(24)9-19(15)31-22)32-23(29)12-6-17(26)21(28)18(27)7-12/h2-9,20,22,24-28H,10H2,1H3. The minimum absolute atomic E-state index is 0.0694. The second kappa shape index (κ2) is 8.10. The number of carbonyl (C=O) groups is 1. The molecule has 3 aromatic carbocycles. The molecule has 0 aliphatic carbocycles. The van der Waals surface area contributed by atoms with Crippen LogP contribution < -0.4 is 9.47 Å². The summed E-state index contributed by atoms with van der Waals surface area (Å²) in [7, 11) is 1.53. The van der Waals surface area contributed by atoms with Gasteiger partial charge in [-0.3, -0.25) is 0 Å². The number of methoxy groups -OCH3 is 1. The molecule has 1 aliphatic rings. The molecule has 9 nitrogen and oxygen atoms in total. The van der Waals surface area contributed by atoms with Gasteiger partial charge in [-0.15, -0.1) is 0 Å². The Bertz CT molecular complexity index is 1150. The van der Waals surface area contributed by atoms with Crippen LogP contribution in [-0.4, -0.2) is 44.7 Å². The fourth-order valence-corrected chi connectivity index (χ4v) is 3.56. The van der Waals surface area contributed by atoms with E-state index in [0.29, 0.717) is 16.9 Å². The lowest BCUT2D eigenvalue weighted by Crippen LogP contribution is -2.34. The minimum Gasteiger partial charge on any atom is -0.508 e. The van der Waals surface area contributed by atoms with Crippen LogP contribution in [0.4, 0.5) is 0 Å². The number of hydrogen-bond acceptors (Lipinski definition) is 9. The average Bonchev–Trinajstić information content (AvgIpc) is 2.77. The Kier molecular flexibility index (Phi) is 5.31. The maximum absolute atomic E-state index is 12.8. The van der Waals surface area contributed by atoms with Gasteiger partial charge in [-0.25, -0.2) is 4.79 Å². The van der Waals surface area contributed by atoms with Crippen molar-refractivity contribution in [3.05, 3.63) is 65.2 Å². The number of phenols is 5. The molecular formula is C23H20O9. The van der Waals surface area contributed by atoms with E-state index >= 15 is 0 Å². The Labute approximate surface area is 182 Å². The highest BCUT2D eigenvalue weighted by atomic mass is 16.6. The molecule has 1 aliphatic heterocycles. The molecule has 166 valence electrons. The second-order valence-electron chi connectivity index (χ2n) is 7.26. The SMILES string of the molecule is COc1ccc(C2Oc3cc(O)cc(O)c3CC2OC(=O)c2cc(O)c(O)c(O)c2)cc1. The van der Waals surface area contributed by atoms with Crippen molar-refractivity contribution < 1.29 is 44.5 Å². The van der Waals surface area contributed by atoms with Gasteiger partial charge in [0.25, 0.3) is 0 Å². The zero-order chi connectivity index (χ0) is 23.0. The van der Waals surface area contributed by atoms with E-state index in [9.17, 15) is 30.3 Å². The molecule has 9 heteroatoms. The Morgan fingerprint density at radius 2 is 1.59 bits per heavy atom. The van der Waals surface area contributed by atoms with Crippen molar-refractivity contribution >= 4 is 5.97 Å². The fraction of sp³-hybridized carbons (Fsp3) is 0.174. The van der Waals surface area contributed by atoms with Crippen molar-refractivity contribution in [1.29, 1.82) is 0 Å². The van der Waals surface area contributed by atoms with Crippen LogP contribution in [-0.2, 0) is 11.2 Å². The summed E-state index contributed by atoms with van der Waals surface area (Å²) in [6.45, 7) is 0. The number of carbonyl (C=O) groups excluding carboxylic acids is 1. The Morgan fingerprint density at radius 3 is 2.22 bits per heavy atom. The molecule has 0 fully saturated rings. The van der Waals surface area contributed by atoms with Crippen molar-refractivity contribution in [3.8, 4) is 40.2 Å². The number of rotatable bonds is 4. The predicted molar refractivity (Wildman–Crippen MR) is 110 cm³/mol. The van der Waals surface area contributed by atoms with E-state index in [1.807, 2.05) is 0 Å². The number of hydrogen-bond donors (Lipinski definition) is 5. The van der Waals surface area contributed by atoms with Crippen molar-refractivity contribution in [1.82, 2.24) is 0 Å². The molecule has 5 N–H and O–H groups in total. The number of ether oxygens (including phenoxy) is 3. The van der Waals surface area contributed by atoms with Gasteiger partial charge in [-0.2, -0.15) is 0 Å². The molecule has 0 saturated carbocycles. The number of phenolic OH excluding ortho intramolecular Hbond substituents is 5. The molecule has 0 radical (unpaired) electrons. The van der Waals surface area contributed by atoms with Crippen molar-refractivity contribution in [2.24, 2.45) is 0 Å². The molecule has 4 rings (SSSR count). The van der Waals surface area contributed by atoms with Crippen molar-refractivity contribution in [2.45, 2.75) is 18.6 Å². The maximum Gasteiger partial charge on any atom is 0.338 e. The monoisotopic (exact) mass is 440 g/mol. The zero-order valence-electron chi connectivity index (χ0n) is 16.8. The topological polar surface area (TPSA) is 146 Å². The summed E-state index contributed by atoms with van der Waals surface area (Å²) in [5.74, 6) is -2.53. The summed E-state index contributed by atoms with van der Waals surface area (Å²) >= 11 is 0. The first kappa shape index (κ1) is 21.0. The molecule has 2 unspecified atom stereocenters. The minimum atomic E-state index is -0.906. The molecule has 0 bridgehead atoms. The Morgan fingerprint density at radius 1 is 0.938 bits per heavy atom. The first-order chi connectivity index (χ1) is 15.3. The fourth-order valence-electron chi connectivity index (χ4n) is 3.56. The summed E-state index contributed by atoms with van der Waals surface area (Å²) in [5, 5.41) is 49.0. The highest BCUT2D eigenvalue weighted by molar-refractivity contribution is 5.91. The van der Waals surface area contributed by atoms with E-state index in [2.05, 4.69) is 0 Å². The van der Waals surface area contributed by atoms with Gasteiger partial charge in [0, 0.05) is 24.1 Å². The largest absolute Gasteiger partial charge is 0.508 e. The first-order valence-electron chi connectivity index (χ1n) is 9.58. The predicted octanol–water partition coefficient (Wildman–Crippen LogP) is 3.13. The van der Waals surface area contributed by atoms with Gasteiger partial charge in [0.15, 0.2) is 23.4 Å². The molecule has 3 aromatic rings. The van der Waals surface area contributed by atoms with Crippen LogP contribution in [0.1, 0.15) is 27.6 Å². The van der Waals surface area contributed by atoms with Crippen LogP contribution in [0.15, 0.2) is 48.5 Å². The molecule has 0 spiro atoms. The summed E-state index contributed by atoms with van der Waals surface area (Å²) in [6, 6.07) is 11.3. The van der Waals surface area contributed by atoms with E-state index in [1.54, 1.807) is 24.3 Å². The quantitative estimate of drug-likeness (QED) is 0.305. The van der Waals surface area contributed by atoms with Gasteiger partial charge < -0.3 is 39.7 Å². The Balaban J connectivity index is 1.69. The third-order valence-corrected chi connectivity index (χ3v) is 5.18. The lowest BCUT2D eigenvalue weighted by Gasteiger charge is -2.34. The maximum atomic E-state index is 12.8. The molecule has 0 amide bonds. The van der Waals surface area contributed by atoms with Crippen molar-refractivity contribution in [3.63, 3.8) is 0 Å². The highest BCUT2D eigenvalue weighted by Crippen LogP contribution is 2.43. The van der Waals surface area contributed by atoms with Crippen LogP contribution in [0.2, 0.25) is 0 Å². The smallest absolute Gasteiger partial charge is 0.338 e. The van der Waals surface area contributed by atoms with E-state index in [0.717, 1.165) is 18.2 Å². The van der Waals surface area contributed by atoms with Crippen LogP contribution in [0.25, 0.3) is 0 Å². The molecule has 2 atom stereocenters. The third-order valence-electron chi connectivity index (χ3n) is 5.18. The van der Waals surface area contributed by atoms with Gasteiger partial charge >= 0.3 is 5.97 Å². The molecule has 0 saturated heterocycles. The van der Waals surface area contributed by atoms with Crippen LogP contribution in [0.5, 0.6) is 40.2 Å². The summed E-state index contributed by atoms with van der Waals surface area (Å²) in [6.07, 6.45) is -1.63. The van der Waals surface area contributed by atoms with Crippen molar-refractivity contribution in [2.75, 3.05) is 7.11 Å². The zero-order valence-corrected chi connectivity index (χ0v) is 16.8. The number of fused-ring (bicyclic) bond motifs is 1. The van der Waals surface area contributed by atoms with E-state index in [-0.39, 0.29) is 29.2 Å². The number of benzene rings is 3. The lowest BCUT2D eigenvalue weighted by molar-refractivity contribution is -0.0188. The van der Waals surface area contributed by atoms with E-state index in [4.69, 9.17) is 14.2 Å². The van der Waals surface area contributed by atoms with Gasteiger partial charge in [0.05, 0.1) is 12.7 Å². The highest BCUT2D eigenvalue weighted by Gasteiger charge is 2.36. The summed E-state index contributed by atoms with van der Waals surface area (Å²) in [4.78, 5) is 12.8. The lowest BCUT2D eigenvalue weighted by atomic mass is 9.93. The molecule has 0 aromatic heterocycles. The second-order valence-corrected chi connectivity index (χ2v) is 7.26. The number of esters is 1. The van der Waals surface area contributed by atoms with Gasteiger partial charge in [0.2, 0.25) is 0 Å². The van der Waals surface area contributed by atoms with Gasteiger partial charge in [-0.1, -0.05) is 12.1 Å². The third kappa shape index (κ3) is 3.87. The van der Waals surface area contributed by atoms with Crippen LogP contribution >= 0.6 is 0 Å². The average molecular weight is 440 g/mol. The Hall–Kier alpha value is -4.27. The van der Waals surface area contributed by atoms with E-state index in [1.165, 1.54) is 13.2 Å². The van der Waals surface area contributed by atoms with Gasteiger partial charge in [0.1, 0.15) is 29.1 Å². The molecule has 1 heterocycles. The summed E-state index contributed by atoms with van der Waals surface area (Å²) < 4.78 is 16.8. The van der Waals surface area contributed by atoms with Gasteiger partial charge in [-0.05, 0) is 29.8 Å². The normalized spacial score (nSPS) is 17.2. The molecular weight excluding hydrogens is 420 g/mol. The van der Waals surface area contributed by atoms with Crippen LogP contribution in [0.3, 0.4) is 0 Å². The molecule has 32 heavy (non-hydrogen) atoms. The number of aromatic hydroxyl groups is 5. The van der Waals surface area contributed by atoms with Crippen LogP contribution in [0, 0.1) is 0 Å². The first-order valence-corrected chi connectivity index (χ1v) is 9.58. The van der Waals surface area contributed by atoms with E-state index < -0.39 is 35.4 Å². The summed E-state index contributed by atoms with van der Waals surface area (Å²) in [5.41, 5.74) is 0.808.